The number of fused-ring (bicyclic) bond motifs is 1. The standard InChI is InChI=1S/C14H17N3O/c1-2-12(15)14-17-16-13(18-14)11-7-6-9-4-3-5-10(9)8-11/h6-8,12H,2-5,15H2,1H3. The van der Waals surface area contributed by atoms with Gasteiger partial charge in [0.1, 0.15) is 0 Å². The molecule has 3 rings (SSSR count). The molecule has 4 heteroatoms. The molecule has 1 heterocycles. The van der Waals surface area contributed by atoms with Crippen molar-refractivity contribution in [1.29, 1.82) is 0 Å². The molecule has 1 atom stereocenters. The van der Waals surface area contributed by atoms with Crippen molar-refractivity contribution >= 4 is 0 Å². The Morgan fingerprint density at radius 1 is 1.28 bits per heavy atom. The summed E-state index contributed by atoms with van der Waals surface area (Å²) >= 11 is 0. The predicted octanol–water partition coefficient (Wildman–Crippen LogP) is 2.64. The molecule has 94 valence electrons. The minimum Gasteiger partial charge on any atom is -0.419 e. The zero-order valence-electron chi connectivity index (χ0n) is 10.5. The highest BCUT2D eigenvalue weighted by Gasteiger charge is 2.16. The lowest BCUT2D eigenvalue weighted by Crippen LogP contribution is -2.08. The summed E-state index contributed by atoms with van der Waals surface area (Å²) in [6.07, 6.45) is 4.38. The summed E-state index contributed by atoms with van der Waals surface area (Å²) in [6, 6.07) is 6.22. The normalized spacial score (nSPS) is 15.7. The van der Waals surface area contributed by atoms with Crippen molar-refractivity contribution in [1.82, 2.24) is 10.2 Å². The average molecular weight is 243 g/mol. The first-order valence-electron chi connectivity index (χ1n) is 6.49. The van der Waals surface area contributed by atoms with Crippen molar-refractivity contribution in [2.45, 2.75) is 38.6 Å². The van der Waals surface area contributed by atoms with E-state index in [4.69, 9.17) is 10.2 Å². The van der Waals surface area contributed by atoms with Crippen LogP contribution in [0.3, 0.4) is 0 Å². The van der Waals surface area contributed by atoms with E-state index < -0.39 is 0 Å². The maximum absolute atomic E-state index is 5.88. The monoisotopic (exact) mass is 243 g/mol. The molecular formula is C14H17N3O. The Labute approximate surface area is 106 Å². The Morgan fingerprint density at radius 2 is 2.11 bits per heavy atom. The molecule has 0 aliphatic heterocycles. The zero-order valence-corrected chi connectivity index (χ0v) is 10.5. The molecule has 0 fully saturated rings. The molecule has 1 aliphatic rings. The molecule has 2 aromatic rings. The van der Waals surface area contributed by atoms with Gasteiger partial charge in [-0.05, 0) is 48.9 Å². The second-order valence-electron chi connectivity index (χ2n) is 4.80. The van der Waals surface area contributed by atoms with Crippen molar-refractivity contribution in [3.05, 3.63) is 35.2 Å². The Balaban J connectivity index is 1.92. The number of rotatable bonds is 3. The van der Waals surface area contributed by atoms with Gasteiger partial charge in [0.25, 0.3) is 0 Å². The summed E-state index contributed by atoms with van der Waals surface area (Å²) in [5.74, 6) is 1.09. The van der Waals surface area contributed by atoms with Gasteiger partial charge in [-0.1, -0.05) is 13.0 Å². The molecule has 0 amide bonds. The summed E-state index contributed by atoms with van der Waals surface area (Å²) in [5, 5.41) is 8.10. The van der Waals surface area contributed by atoms with Gasteiger partial charge < -0.3 is 10.2 Å². The van der Waals surface area contributed by atoms with Crippen LogP contribution in [0, 0.1) is 0 Å². The van der Waals surface area contributed by atoms with Gasteiger partial charge >= 0.3 is 0 Å². The number of nitrogens with zero attached hydrogens (tertiary/aromatic N) is 2. The SMILES string of the molecule is CCC(N)c1nnc(-c2ccc3c(c2)CCC3)o1. The van der Waals surface area contributed by atoms with Gasteiger partial charge in [0.05, 0.1) is 6.04 Å². The van der Waals surface area contributed by atoms with Crippen LogP contribution in [-0.2, 0) is 12.8 Å². The fourth-order valence-corrected chi connectivity index (χ4v) is 2.38. The van der Waals surface area contributed by atoms with E-state index in [1.165, 1.54) is 24.0 Å². The van der Waals surface area contributed by atoms with Gasteiger partial charge in [0.15, 0.2) is 0 Å². The third-order valence-corrected chi connectivity index (χ3v) is 3.54. The van der Waals surface area contributed by atoms with Gasteiger partial charge in [0.2, 0.25) is 11.8 Å². The van der Waals surface area contributed by atoms with E-state index in [1.807, 2.05) is 6.92 Å². The highest BCUT2D eigenvalue weighted by Crippen LogP contribution is 2.28. The summed E-state index contributed by atoms with van der Waals surface area (Å²) in [5.41, 5.74) is 9.73. The quantitative estimate of drug-likeness (QED) is 0.900. The molecule has 0 saturated heterocycles. The van der Waals surface area contributed by atoms with Crippen molar-refractivity contribution < 1.29 is 4.42 Å². The van der Waals surface area contributed by atoms with E-state index in [9.17, 15) is 0 Å². The van der Waals surface area contributed by atoms with Crippen LogP contribution < -0.4 is 5.73 Å². The highest BCUT2D eigenvalue weighted by molar-refractivity contribution is 5.56. The van der Waals surface area contributed by atoms with Crippen LogP contribution >= 0.6 is 0 Å². The van der Waals surface area contributed by atoms with E-state index in [-0.39, 0.29) is 6.04 Å². The molecule has 1 unspecified atom stereocenters. The van der Waals surface area contributed by atoms with Crippen LogP contribution in [0.25, 0.3) is 11.5 Å². The lowest BCUT2D eigenvalue weighted by Gasteiger charge is -2.02. The second kappa shape index (κ2) is 4.53. The third kappa shape index (κ3) is 1.93. The van der Waals surface area contributed by atoms with E-state index in [0.29, 0.717) is 11.8 Å². The Hall–Kier alpha value is -1.68. The zero-order chi connectivity index (χ0) is 12.5. The molecule has 1 aliphatic carbocycles. The van der Waals surface area contributed by atoms with Crippen LogP contribution in [0.5, 0.6) is 0 Å². The fraction of sp³-hybridized carbons (Fsp3) is 0.429. The van der Waals surface area contributed by atoms with Crippen LogP contribution in [0.1, 0.15) is 42.8 Å². The predicted molar refractivity (Wildman–Crippen MR) is 69.0 cm³/mol. The van der Waals surface area contributed by atoms with Crippen molar-refractivity contribution in [2.75, 3.05) is 0 Å². The van der Waals surface area contributed by atoms with Gasteiger partial charge in [-0.3, -0.25) is 0 Å². The van der Waals surface area contributed by atoms with Crippen molar-refractivity contribution in [2.24, 2.45) is 5.73 Å². The Bertz CT molecular complexity index is 562. The summed E-state index contributed by atoms with van der Waals surface area (Å²) in [6.45, 7) is 2.00. The fourth-order valence-electron chi connectivity index (χ4n) is 2.38. The molecule has 1 aromatic carbocycles. The van der Waals surface area contributed by atoms with E-state index >= 15 is 0 Å². The summed E-state index contributed by atoms with van der Waals surface area (Å²) in [7, 11) is 0. The molecule has 0 radical (unpaired) electrons. The minimum atomic E-state index is -0.166. The first-order valence-corrected chi connectivity index (χ1v) is 6.49. The highest BCUT2D eigenvalue weighted by atomic mass is 16.4. The van der Waals surface area contributed by atoms with Crippen LogP contribution in [0.4, 0.5) is 0 Å². The van der Waals surface area contributed by atoms with Crippen LogP contribution in [0.2, 0.25) is 0 Å². The number of hydrogen-bond donors (Lipinski definition) is 1. The average Bonchev–Trinajstić information content (AvgIpc) is 3.05. The van der Waals surface area contributed by atoms with Gasteiger partial charge in [-0.25, -0.2) is 0 Å². The number of nitrogens with two attached hydrogens (primary N) is 1. The van der Waals surface area contributed by atoms with Gasteiger partial charge in [-0.15, -0.1) is 10.2 Å². The number of benzene rings is 1. The summed E-state index contributed by atoms with van der Waals surface area (Å²) < 4.78 is 5.63. The van der Waals surface area contributed by atoms with Crippen LogP contribution in [-0.4, -0.2) is 10.2 Å². The van der Waals surface area contributed by atoms with Crippen molar-refractivity contribution in [3.63, 3.8) is 0 Å². The Kier molecular flexibility index (Phi) is 2.88. The van der Waals surface area contributed by atoms with E-state index in [0.717, 1.165) is 18.4 Å². The first-order chi connectivity index (χ1) is 8.78. The molecule has 2 N–H and O–H groups in total. The maximum Gasteiger partial charge on any atom is 0.247 e. The smallest absolute Gasteiger partial charge is 0.247 e. The molecule has 0 saturated carbocycles. The number of aromatic nitrogens is 2. The molecule has 0 spiro atoms. The van der Waals surface area contributed by atoms with Gasteiger partial charge in [-0.2, -0.15) is 0 Å². The molecule has 18 heavy (non-hydrogen) atoms. The largest absolute Gasteiger partial charge is 0.419 e. The Morgan fingerprint density at radius 3 is 2.94 bits per heavy atom. The van der Waals surface area contributed by atoms with E-state index in [1.54, 1.807) is 0 Å². The molecule has 0 bridgehead atoms. The summed E-state index contributed by atoms with van der Waals surface area (Å²) in [4.78, 5) is 0. The number of hydrogen-bond acceptors (Lipinski definition) is 4. The lowest BCUT2D eigenvalue weighted by atomic mass is 10.1. The van der Waals surface area contributed by atoms with E-state index in [2.05, 4.69) is 28.4 Å². The maximum atomic E-state index is 5.88. The third-order valence-electron chi connectivity index (χ3n) is 3.54. The topological polar surface area (TPSA) is 64.9 Å². The van der Waals surface area contributed by atoms with Crippen LogP contribution in [0.15, 0.2) is 22.6 Å². The first kappa shape index (κ1) is 11.4. The van der Waals surface area contributed by atoms with Gasteiger partial charge in [0, 0.05) is 5.56 Å². The van der Waals surface area contributed by atoms with Crippen molar-refractivity contribution in [3.8, 4) is 11.5 Å². The molecule has 4 nitrogen and oxygen atoms in total. The molecule has 1 aromatic heterocycles. The molecular weight excluding hydrogens is 226 g/mol. The minimum absolute atomic E-state index is 0.166. The number of aryl methyl sites for hydroxylation is 2. The lowest BCUT2D eigenvalue weighted by molar-refractivity contribution is 0.452. The second-order valence-corrected chi connectivity index (χ2v) is 4.80.